The molecule has 10 rings (SSSR count). The van der Waals surface area contributed by atoms with Crippen molar-refractivity contribution in [3.63, 3.8) is 0 Å². The number of rotatable bonds is 1. The van der Waals surface area contributed by atoms with Gasteiger partial charge in [-0.05, 0) is 67.4 Å². The fourth-order valence-corrected chi connectivity index (χ4v) is 8.44. The Morgan fingerprint density at radius 1 is 0.452 bits per heavy atom. The summed E-state index contributed by atoms with van der Waals surface area (Å²) in [6, 6.07) is 47.5. The van der Waals surface area contributed by atoms with Gasteiger partial charge >= 0.3 is 0 Å². The number of nitrogens with zero attached hydrogens (tertiary/aromatic N) is 1. The van der Waals surface area contributed by atoms with Crippen LogP contribution in [0.4, 0.5) is 0 Å². The van der Waals surface area contributed by atoms with E-state index in [0.29, 0.717) is 0 Å². The molecule has 1 nitrogen and oxygen atoms in total. The van der Waals surface area contributed by atoms with Crippen LogP contribution >= 0.6 is 0 Å². The van der Waals surface area contributed by atoms with E-state index >= 15 is 0 Å². The SMILES string of the molecule is CC1(C)c2ccccc2-c2c1c1c3ccccc3n(-c3ccc4c5c(cccc35)-c3ccccc3-4)c1c1ccccc21. The summed E-state index contributed by atoms with van der Waals surface area (Å²) in [4.78, 5) is 0. The van der Waals surface area contributed by atoms with Gasteiger partial charge in [0.05, 0.1) is 16.7 Å². The molecular formula is C41H27N. The summed E-state index contributed by atoms with van der Waals surface area (Å²) in [6.45, 7) is 4.82. The first-order valence-corrected chi connectivity index (χ1v) is 14.9. The smallest absolute Gasteiger partial charge is 0.0623 e. The Morgan fingerprint density at radius 2 is 1.05 bits per heavy atom. The maximum absolute atomic E-state index is 2.57. The second-order valence-electron chi connectivity index (χ2n) is 12.4. The monoisotopic (exact) mass is 533 g/mol. The number of hydrogen-bond acceptors (Lipinski definition) is 0. The van der Waals surface area contributed by atoms with Gasteiger partial charge in [-0.25, -0.2) is 0 Å². The number of aromatic nitrogens is 1. The molecule has 0 fully saturated rings. The van der Waals surface area contributed by atoms with E-state index in [9.17, 15) is 0 Å². The first-order valence-electron chi connectivity index (χ1n) is 14.9. The molecule has 0 saturated heterocycles. The molecule has 0 radical (unpaired) electrons. The van der Waals surface area contributed by atoms with Crippen molar-refractivity contribution in [2.75, 3.05) is 0 Å². The van der Waals surface area contributed by atoms with Crippen LogP contribution in [0.3, 0.4) is 0 Å². The van der Waals surface area contributed by atoms with Crippen LogP contribution in [0, 0.1) is 0 Å². The lowest BCUT2D eigenvalue weighted by Crippen LogP contribution is -2.15. The van der Waals surface area contributed by atoms with E-state index < -0.39 is 0 Å². The van der Waals surface area contributed by atoms with Crippen LogP contribution in [0.1, 0.15) is 25.0 Å². The van der Waals surface area contributed by atoms with Gasteiger partial charge < -0.3 is 4.57 Å². The van der Waals surface area contributed by atoms with Crippen LogP contribution in [0.2, 0.25) is 0 Å². The number of benzene rings is 7. The van der Waals surface area contributed by atoms with E-state index in [1.807, 2.05) is 0 Å². The van der Waals surface area contributed by atoms with Crippen molar-refractivity contribution in [1.29, 1.82) is 0 Å². The summed E-state index contributed by atoms with van der Waals surface area (Å²) in [5.41, 5.74) is 14.7. The molecule has 0 aliphatic heterocycles. The normalized spacial score (nSPS) is 14.1. The second kappa shape index (κ2) is 7.57. The molecule has 1 heteroatoms. The third-order valence-corrected chi connectivity index (χ3v) is 10.1. The van der Waals surface area contributed by atoms with E-state index in [1.54, 1.807) is 0 Å². The van der Waals surface area contributed by atoms with Gasteiger partial charge in [-0.3, -0.25) is 0 Å². The Kier molecular flexibility index (Phi) is 4.06. The molecule has 0 bridgehead atoms. The summed E-state index contributed by atoms with van der Waals surface area (Å²) < 4.78 is 2.57. The summed E-state index contributed by atoms with van der Waals surface area (Å²) >= 11 is 0. The van der Waals surface area contributed by atoms with Crippen molar-refractivity contribution in [3.05, 3.63) is 139 Å². The van der Waals surface area contributed by atoms with Gasteiger partial charge in [-0.1, -0.05) is 129 Å². The van der Waals surface area contributed by atoms with Crippen LogP contribution in [-0.4, -0.2) is 4.57 Å². The quantitative estimate of drug-likeness (QED) is 0.198. The molecule has 42 heavy (non-hydrogen) atoms. The minimum atomic E-state index is -0.118. The van der Waals surface area contributed by atoms with Gasteiger partial charge in [-0.2, -0.15) is 0 Å². The largest absolute Gasteiger partial charge is 0.308 e. The first kappa shape index (κ1) is 22.5. The summed E-state index contributed by atoms with van der Waals surface area (Å²) in [7, 11) is 0. The predicted molar refractivity (Wildman–Crippen MR) is 178 cm³/mol. The summed E-state index contributed by atoms with van der Waals surface area (Å²) in [6.07, 6.45) is 0. The van der Waals surface area contributed by atoms with Gasteiger partial charge in [0.1, 0.15) is 0 Å². The molecule has 2 aliphatic rings. The lowest BCUT2D eigenvalue weighted by molar-refractivity contribution is 0.667. The van der Waals surface area contributed by atoms with E-state index in [1.165, 1.54) is 93.5 Å². The lowest BCUT2D eigenvalue weighted by atomic mass is 9.79. The maximum atomic E-state index is 2.57. The standard InChI is InChI=1S/C41H27N/c1-41(2)33-20-9-7-16-30(33)37-27-14-5-6-15-29(27)40-38(39(37)41)32-17-8-10-21-34(32)42(40)35-23-22-28-25-13-4-3-12-24(25)26-18-11-19-31(35)36(26)28/h3-23H,1-2H3. The van der Waals surface area contributed by atoms with Crippen LogP contribution in [0.5, 0.6) is 0 Å². The highest BCUT2D eigenvalue weighted by Gasteiger charge is 2.39. The summed E-state index contributed by atoms with van der Waals surface area (Å²) in [5, 5.41) is 8.01. The van der Waals surface area contributed by atoms with Crippen LogP contribution < -0.4 is 0 Å². The van der Waals surface area contributed by atoms with E-state index in [2.05, 4.69) is 146 Å². The number of hydrogen-bond donors (Lipinski definition) is 0. The molecule has 0 unspecified atom stereocenters. The van der Waals surface area contributed by atoms with E-state index in [4.69, 9.17) is 0 Å². The zero-order valence-electron chi connectivity index (χ0n) is 23.6. The van der Waals surface area contributed by atoms with Crippen molar-refractivity contribution in [3.8, 4) is 39.1 Å². The highest BCUT2D eigenvalue weighted by atomic mass is 15.0. The minimum absolute atomic E-state index is 0.118. The van der Waals surface area contributed by atoms with Crippen molar-refractivity contribution in [2.45, 2.75) is 19.3 Å². The number of para-hydroxylation sites is 1. The van der Waals surface area contributed by atoms with Gasteiger partial charge in [0.2, 0.25) is 0 Å². The fraction of sp³-hybridized carbons (Fsp3) is 0.0732. The average Bonchev–Trinajstić information content (AvgIpc) is 3.63. The molecule has 0 atom stereocenters. The molecule has 0 amide bonds. The van der Waals surface area contributed by atoms with Gasteiger partial charge in [0, 0.05) is 27.0 Å². The molecule has 7 aromatic carbocycles. The molecule has 0 saturated carbocycles. The Balaban J connectivity index is 1.44. The molecule has 1 heterocycles. The maximum Gasteiger partial charge on any atom is 0.0623 e. The zero-order valence-corrected chi connectivity index (χ0v) is 23.6. The third-order valence-electron chi connectivity index (χ3n) is 10.1. The fourth-order valence-electron chi connectivity index (χ4n) is 8.44. The van der Waals surface area contributed by atoms with E-state index in [-0.39, 0.29) is 5.41 Å². The zero-order chi connectivity index (χ0) is 27.7. The van der Waals surface area contributed by atoms with E-state index in [0.717, 1.165) is 0 Å². The molecule has 0 spiro atoms. The Labute approximate surface area is 244 Å². The molecule has 2 aliphatic carbocycles. The molecular weight excluding hydrogens is 506 g/mol. The average molecular weight is 534 g/mol. The first-order chi connectivity index (χ1) is 20.6. The highest BCUT2D eigenvalue weighted by Crippen LogP contribution is 2.57. The van der Waals surface area contributed by atoms with Gasteiger partial charge in [0.15, 0.2) is 0 Å². The van der Waals surface area contributed by atoms with Crippen molar-refractivity contribution < 1.29 is 0 Å². The van der Waals surface area contributed by atoms with Crippen LogP contribution in [-0.2, 0) is 5.41 Å². The van der Waals surface area contributed by atoms with Crippen molar-refractivity contribution in [1.82, 2.24) is 4.57 Å². The highest BCUT2D eigenvalue weighted by molar-refractivity contribution is 6.26. The predicted octanol–water partition coefficient (Wildman–Crippen LogP) is 11.0. The van der Waals surface area contributed by atoms with Gasteiger partial charge in [0.25, 0.3) is 0 Å². The van der Waals surface area contributed by atoms with Gasteiger partial charge in [-0.15, -0.1) is 0 Å². The Bertz CT molecular complexity index is 2460. The Morgan fingerprint density at radius 3 is 1.86 bits per heavy atom. The molecule has 8 aromatic rings. The summed E-state index contributed by atoms with van der Waals surface area (Å²) in [5.74, 6) is 0. The van der Waals surface area contributed by atoms with Crippen molar-refractivity contribution in [2.24, 2.45) is 0 Å². The number of fused-ring (bicyclic) bond motifs is 13. The lowest BCUT2D eigenvalue weighted by Gasteiger charge is -2.23. The molecule has 0 N–H and O–H groups in total. The third kappa shape index (κ3) is 2.52. The molecule has 196 valence electrons. The molecule has 1 aromatic heterocycles. The van der Waals surface area contributed by atoms with Crippen LogP contribution in [0.25, 0.3) is 82.4 Å². The van der Waals surface area contributed by atoms with Crippen LogP contribution in [0.15, 0.2) is 127 Å². The minimum Gasteiger partial charge on any atom is -0.308 e. The second-order valence-corrected chi connectivity index (χ2v) is 12.4. The Hall–Kier alpha value is -5.14. The topological polar surface area (TPSA) is 4.93 Å². The van der Waals surface area contributed by atoms with Crippen molar-refractivity contribution >= 4 is 43.4 Å².